The van der Waals surface area contributed by atoms with E-state index in [2.05, 4.69) is 5.32 Å². The Kier molecular flexibility index (Phi) is 11.2. The van der Waals surface area contributed by atoms with Crippen molar-refractivity contribution >= 4 is 39.1 Å². The Bertz CT molecular complexity index is 1630. The molecule has 0 fully saturated rings. The average Bonchev–Trinajstić information content (AvgIpc) is 3.03. The van der Waals surface area contributed by atoms with Crippen molar-refractivity contribution in [1.82, 2.24) is 10.2 Å². The summed E-state index contributed by atoms with van der Waals surface area (Å²) in [6, 6.07) is 30.5. The van der Waals surface area contributed by atoms with Gasteiger partial charge in [0, 0.05) is 24.0 Å². The summed E-state index contributed by atoms with van der Waals surface area (Å²) in [7, 11) is -4.13. The molecule has 0 unspecified atom stereocenters. The largest absolute Gasteiger partial charge is 0.352 e. The highest BCUT2D eigenvalue weighted by atomic mass is 35.5. The highest BCUT2D eigenvalue weighted by molar-refractivity contribution is 7.92. The van der Waals surface area contributed by atoms with E-state index < -0.39 is 28.5 Å². The molecule has 4 aromatic carbocycles. The van der Waals surface area contributed by atoms with Crippen LogP contribution in [0.5, 0.6) is 0 Å². The second-order valence-corrected chi connectivity index (χ2v) is 13.1. The Hall–Kier alpha value is -4.14. The van der Waals surface area contributed by atoms with Gasteiger partial charge in [0.05, 0.1) is 10.6 Å². The lowest BCUT2D eigenvalue weighted by molar-refractivity contribution is -0.140. The molecule has 0 aliphatic heterocycles. The van der Waals surface area contributed by atoms with E-state index in [9.17, 15) is 18.0 Å². The fourth-order valence-electron chi connectivity index (χ4n) is 4.74. The van der Waals surface area contributed by atoms with Crippen LogP contribution in [0.15, 0.2) is 114 Å². The number of hydrogen-bond donors (Lipinski definition) is 1. The number of sulfonamides is 1. The van der Waals surface area contributed by atoms with Gasteiger partial charge in [0.1, 0.15) is 12.6 Å². The molecule has 0 radical (unpaired) electrons. The summed E-state index contributed by atoms with van der Waals surface area (Å²) >= 11 is 6.14. The van der Waals surface area contributed by atoms with Crippen molar-refractivity contribution in [3.05, 3.63) is 131 Å². The van der Waals surface area contributed by atoms with Crippen molar-refractivity contribution < 1.29 is 18.0 Å². The van der Waals surface area contributed by atoms with Crippen molar-refractivity contribution in [3.63, 3.8) is 0 Å². The van der Waals surface area contributed by atoms with Crippen LogP contribution in [-0.4, -0.2) is 43.8 Å². The average molecular weight is 632 g/mol. The van der Waals surface area contributed by atoms with Crippen LogP contribution in [-0.2, 0) is 32.6 Å². The molecule has 2 atom stereocenters. The van der Waals surface area contributed by atoms with Gasteiger partial charge in [-0.25, -0.2) is 8.42 Å². The number of nitrogens with zero attached hydrogens (tertiary/aromatic N) is 2. The van der Waals surface area contributed by atoms with Crippen LogP contribution >= 0.6 is 11.6 Å². The summed E-state index contributed by atoms with van der Waals surface area (Å²) in [5, 5.41) is 3.58. The lowest BCUT2D eigenvalue weighted by Crippen LogP contribution is -2.54. The minimum atomic E-state index is -4.13. The van der Waals surface area contributed by atoms with Crippen molar-refractivity contribution in [2.45, 2.75) is 57.1 Å². The van der Waals surface area contributed by atoms with E-state index in [-0.39, 0.29) is 29.8 Å². The van der Waals surface area contributed by atoms with Gasteiger partial charge in [0.25, 0.3) is 10.0 Å². The quantitative estimate of drug-likeness (QED) is 0.185. The molecule has 9 heteroatoms. The molecule has 0 aliphatic carbocycles. The Balaban J connectivity index is 1.79. The second-order valence-electron chi connectivity index (χ2n) is 10.8. The molecule has 0 saturated carbocycles. The molecular formula is C35H38ClN3O4S. The Labute approximate surface area is 265 Å². The summed E-state index contributed by atoms with van der Waals surface area (Å²) in [4.78, 5) is 29.9. The first-order valence-corrected chi connectivity index (χ1v) is 16.4. The minimum absolute atomic E-state index is 0.0629. The summed E-state index contributed by atoms with van der Waals surface area (Å²) in [6.07, 6.45) is 0.962. The number of amides is 2. The Morgan fingerprint density at radius 3 is 2.00 bits per heavy atom. The fraction of sp³-hybridized carbons (Fsp3) is 0.257. The first kappa shape index (κ1) is 32.8. The Morgan fingerprint density at radius 2 is 1.41 bits per heavy atom. The second kappa shape index (κ2) is 15.0. The van der Waals surface area contributed by atoms with E-state index >= 15 is 0 Å². The number of carbonyl (C=O) groups excluding carboxylic acids is 2. The van der Waals surface area contributed by atoms with Crippen molar-refractivity contribution in [2.75, 3.05) is 10.8 Å². The number of rotatable bonds is 13. The van der Waals surface area contributed by atoms with Gasteiger partial charge in [0.15, 0.2) is 0 Å². The van der Waals surface area contributed by atoms with Gasteiger partial charge in [0.2, 0.25) is 11.8 Å². The number of carbonyl (C=O) groups is 2. The smallest absolute Gasteiger partial charge is 0.264 e. The molecule has 44 heavy (non-hydrogen) atoms. The monoisotopic (exact) mass is 631 g/mol. The van der Waals surface area contributed by atoms with Gasteiger partial charge in [-0.3, -0.25) is 13.9 Å². The maximum atomic E-state index is 14.4. The van der Waals surface area contributed by atoms with Crippen molar-refractivity contribution in [1.29, 1.82) is 0 Å². The minimum Gasteiger partial charge on any atom is -0.352 e. The summed E-state index contributed by atoms with van der Waals surface area (Å²) in [5.41, 5.74) is 2.93. The highest BCUT2D eigenvalue weighted by Gasteiger charge is 2.34. The molecule has 7 nitrogen and oxygen atoms in total. The maximum Gasteiger partial charge on any atom is 0.264 e. The van der Waals surface area contributed by atoms with Gasteiger partial charge >= 0.3 is 0 Å². The summed E-state index contributed by atoms with van der Waals surface area (Å²) < 4.78 is 29.1. The lowest BCUT2D eigenvalue weighted by atomic mass is 10.0. The molecule has 4 aromatic rings. The predicted octanol–water partition coefficient (Wildman–Crippen LogP) is 6.40. The van der Waals surface area contributed by atoms with Crippen LogP contribution in [0.2, 0.25) is 5.02 Å². The number of anilines is 1. The van der Waals surface area contributed by atoms with Crippen LogP contribution in [0.3, 0.4) is 0 Å². The van der Waals surface area contributed by atoms with Gasteiger partial charge < -0.3 is 10.2 Å². The van der Waals surface area contributed by atoms with E-state index in [4.69, 9.17) is 11.6 Å². The van der Waals surface area contributed by atoms with Crippen LogP contribution in [0.1, 0.15) is 37.0 Å². The standard InChI is InChI=1S/C35H38ClN3O4S/c1-4-27(3)37-35(41)33(23-28-11-7-5-8-12-28)38(24-29-17-19-30(36)20-18-29)34(40)25-39(31-21-15-26(2)16-22-31)44(42,43)32-13-9-6-10-14-32/h5-22,27,33H,4,23-25H2,1-3H3,(H,37,41)/t27-,33+/m0/s1. The van der Waals surface area contributed by atoms with Gasteiger partial charge in [-0.1, -0.05) is 96.9 Å². The van der Waals surface area contributed by atoms with Gasteiger partial charge in [-0.05, 0) is 67.8 Å². The SMILES string of the molecule is CC[C@H](C)NC(=O)[C@@H](Cc1ccccc1)N(Cc1ccc(Cl)cc1)C(=O)CN(c1ccc(C)cc1)S(=O)(=O)c1ccccc1. The number of hydrogen-bond acceptors (Lipinski definition) is 4. The number of aryl methyl sites for hydroxylation is 1. The third-order valence-corrected chi connectivity index (χ3v) is 9.51. The molecule has 0 saturated heterocycles. The summed E-state index contributed by atoms with van der Waals surface area (Å²) in [5.74, 6) is -0.821. The molecule has 0 bridgehead atoms. The molecular weight excluding hydrogens is 594 g/mol. The zero-order chi connectivity index (χ0) is 31.7. The van der Waals surface area contributed by atoms with E-state index in [0.717, 1.165) is 21.0 Å². The lowest BCUT2D eigenvalue weighted by Gasteiger charge is -2.34. The van der Waals surface area contributed by atoms with Crippen molar-refractivity contribution in [2.24, 2.45) is 0 Å². The molecule has 0 aliphatic rings. The fourth-order valence-corrected chi connectivity index (χ4v) is 6.30. The van der Waals surface area contributed by atoms with E-state index in [0.29, 0.717) is 17.1 Å². The van der Waals surface area contributed by atoms with E-state index in [1.807, 2.05) is 51.1 Å². The topological polar surface area (TPSA) is 86.8 Å². The normalized spacial score (nSPS) is 12.6. The first-order valence-electron chi connectivity index (χ1n) is 14.6. The van der Waals surface area contributed by atoms with Crippen LogP contribution < -0.4 is 9.62 Å². The molecule has 0 spiro atoms. The third-order valence-electron chi connectivity index (χ3n) is 7.47. The summed E-state index contributed by atoms with van der Waals surface area (Å²) in [6.45, 7) is 5.36. The van der Waals surface area contributed by atoms with Crippen LogP contribution in [0.25, 0.3) is 0 Å². The van der Waals surface area contributed by atoms with E-state index in [1.54, 1.807) is 66.7 Å². The van der Waals surface area contributed by atoms with Crippen LogP contribution in [0.4, 0.5) is 5.69 Å². The molecule has 4 rings (SSSR count). The number of halogens is 1. The third kappa shape index (κ3) is 8.49. The highest BCUT2D eigenvalue weighted by Crippen LogP contribution is 2.25. The number of nitrogens with one attached hydrogen (secondary N) is 1. The Morgan fingerprint density at radius 1 is 0.818 bits per heavy atom. The molecule has 2 amide bonds. The van der Waals surface area contributed by atoms with Gasteiger partial charge in [-0.15, -0.1) is 0 Å². The van der Waals surface area contributed by atoms with Crippen LogP contribution in [0, 0.1) is 6.92 Å². The maximum absolute atomic E-state index is 14.4. The van der Waals surface area contributed by atoms with Crippen molar-refractivity contribution in [3.8, 4) is 0 Å². The zero-order valence-corrected chi connectivity index (χ0v) is 26.8. The molecule has 1 N–H and O–H groups in total. The van der Waals surface area contributed by atoms with E-state index in [1.165, 1.54) is 17.0 Å². The molecule has 0 heterocycles. The zero-order valence-electron chi connectivity index (χ0n) is 25.2. The number of benzene rings is 4. The molecule has 230 valence electrons. The first-order chi connectivity index (χ1) is 21.1. The van der Waals surface area contributed by atoms with Gasteiger partial charge in [-0.2, -0.15) is 0 Å². The predicted molar refractivity (Wildman–Crippen MR) is 176 cm³/mol. The molecule has 0 aromatic heterocycles.